The lowest BCUT2D eigenvalue weighted by Crippen LogP contribution is -2.38. The van der Waals surface area contributed by atoms with Gasteiger partial charge < -0.3 is 19.9 Å². The molecule has 5 rings (SSSR count). The van der Waals surface area contributed by atoms with E-state index in [-0.39, 0.29) is 12.0 Å². The highest BCUT2D eigenvalue weighted by Crippen LogP contribution is 2.37. The summed E-state index contributed by atoms with van der Waals surface area (Å²) in [4.78, 5) is 33.3. The Hall–Kier alpha value is -3.87. The Labute approximate surface area is 199 Å². The van der Waals surface area contributed by atoms with Gasteiger partial charge in [0.2, 0.25) is 0 Å². The minimum atomic E-state index is -0.365. The van der Waals surface area contributed by atoms with Gasteiger partial charge in [0, 0.05) is 38.1 Å². The summed E-state index contributed by atoms with van der Waals surface area (Å²) in [5.74, 6) is 0.434. The molecule has 174 valence electrons. The van der Waals surface area contributed by atoms with Crippen LogP contribution < -0.4 is 10.2 Å². The van der Waals surface area contributed by atoms with Crippen LogP contribution in [0, 0.1) is 0 Å². The minimum Gasteiger partial charge on any atom is -0.462 e. The molecule has 1 aromatic heterocycles. The first kappa shape index (κ1) is 21.9. The van der Waals surface area contributed by atoms with E-state index >= 15 is 0 Å². The van der Waals surface area contributed by atoms with Crippen LogP contribution in [0.2, 0.25) is 0 Å². The molecule has 0 saturated carbocycles. The summed E-state index contributed by atoms with van der Waals surface area (Å²) >= 11 is 0. The molecule has 1 saturated heterocycles. The molecule has 0 bridgehead atoms. The van der Waals surface area contributed by atoms with Gasteiger partial charge in [0.15, 0.2) is 0 Å². The molecular formula is C27H28N4O3. The Morgan fingerprint density at radius 3 is 2.65 bits per heavy atom. The number of rotatable bonds is 4. The van der Waals surface area contributed by atoms with Crippen molar-refractivity contribution in [3.63, 3.8) is 0 Å². The molecule has 0 radical (unpaired) electrons. The summed E-state index contributed by atoms with van der Waals surface area (Å²) < 4.78 is 5.02. The summed E-state index contributed by atoms with van der Waals surface area (Å²) in [5.41, 5.74) is 6.39. The predicted molar refractivity (Wildman–Crippen MR) is 132 cm³/mol. The largest absolute Gasteiger partial charge is 0.462 e. The molecule has 2 heterocycles. The van der Waals surface area contributed by atoms with Gasteiger partial charge in [-0.15, -0.1) is 0 Å². The lowest BCUT2D eigenvalue weighted by atomic mass is 10.1. The Balaban J connectivity index is 1.20. The van der Waals surface area contributed by atoms with Crippen molar-refractivity contribution in [3.8, 4) is 11.1 Å². The Bertz CT molecular complexity index is 1210. The summed E-state index contributed by atoms with van der Waals surface area (Å²) in [6.45, 7) is 4.88. The number of ether oxygens (including phenoxy) is 1. The van der Waals surface area contributed by atoms with Gasteiger partial charge in [0.25, 0.3) is 0 Å². The van der Waals surface area contributed by atoms with E-state index in [1.807, 2.05) is 17.0 Å². The smallest absolute Gasteiger partial charge is 0.339 e. The molecule has 2 amide bonds. The highest BCUT2D eigenvalue weighted by Gasteiger charge is 2.22. The van der Waals surface area contributed by atoms with E-state index in [1.54, 1.807) is 19.2 Å². The van der Waals surface area contributed by atoms with E-state index in [4.69, 9.17) is 4.74 Å². The third kappa shape index (κ3) is 4.46. The van der Waals surface area contributed by atoms with Crippen LogP contribution in [0.4, 0.5) is 16.3 Å². The van der Waals surface area contributed by atoms with Gasteiger partial charge in [-0.25, -0.2) is 14.6 Å². The number of hydrogen-bond donors (Lipinski definition) is 1. The van der Waals surface area contributed by atoms with Gasteiger partial charge in [-0.05, 0) is 66.3 Å². The first-order valence-electron chi connectivity index (χ1n) is 11.8. The number of nitrogens with one attached hydrogen (secondary N) is 1. The number of carbonyl (C=O) groups is 2. The van der Waals surface area contributed by atoms with Crippen LogP contribution in [0.3, 0.4) is 0 Å². The second-order valence-corrected chi connectivity index (χ2v) is 8.59. The average molecular weight is 457 g/mol. The van der Waals surface area contributed by atoms with Crippen molar-refractivity contribution in [1.82, 2.24) is 9.88 Å². The zero-order valence-electron chi connectivity index (χ0n) is 19.3. The summed E-state index contributed by atoms with van der Waals surface area (Å²) in [6.07, 6.45) is 3.29. The number of amides is 2. The molecular weight excluding hydrogens is 428 g/mol. The van der Waals surface area contributed by atoms with Gasteiger partial charge >= 0.3 is 12.0 Å². The number of nitrogens with zero attached hydrogens (tertiary/aromatic N) is 3. The van der Waals surface area contributed by atoms with Crippen molar-refractivity contribution in [1.29, 1.82) is 0 Å². The molecule has 1 aliphatic heterocycles. The lowest BCUT2D eigenvalue weighted by molar-refractivity contribution is 0.0526. The van der Waals surface area contributed by atoms with E-state index in [0.717, 1.165) is 30.9 Å². The Kier molecular flexibility index (Phi) is 6.16. The number of pyridine rings is 1. The number of aromatic nitrogens is 1. The van der Waals surface area contributed by atoms with Gasteiger partial charge in [-0.3, -0.25) is 0 Å². The summed E-state index contributed by atoms with van der Waals surface area (Å²) in [5, 5.41) is 3.08. The van der Waals surface area contributed by atoms with Gasteiger partial charge in [-0.2, -0.15) is 0 Å². The molecule has 2 aliphatic rings. The van der Waals surface area contributed by atoms with Crippen molar-refractivity contribution >= 4 is 23.5 Å². The zero-order chi connectivity index (χ0) is 23.5. The van der Waals surface area contributed by atoms with Crippen LogP contribution in [0.15, 0.2) is 60.8 Å². The number of benzene rings is 2. The third-order valence-electron chi connectivity index (χ3n) is 6.41. The molecule has 7 nitrogen and oxygen atoms in total. The maximum Gasteiger partial charge on any atom is 0.339 e. The maximum absolute atomic E-state index is 13.0. The van der Waals surface area contributed by atoms with E-state index in [1.165, 1.54) is 22.3 Å². The molecule has 34 heavy (non-hydrogen) atoms. The van der Waals surface area contributed by atoms with E-state index in [9.17, 15) is 9.59 Å². The first-order chi connectivity index (χ1) is 16.6. The number of carbonyl (C=O) groups excluding carboxylic acids is 2. The van der Waals surface area contributed by atoms with Crippen molar-refractivity contribution in [3.05, 3.63) is 77.5 Å². The molecule has 2 aromatic carbocycles. The zero-order valence-corrected chi connectivity index (χ0v) is 19.3. The topological polar surface area (TPSA) is 74.8 Å². The third-order valence-corrected chi connectivity index (χ3v) is 6.41. The van der Waals surface area contributed by atoms with Crippen molar-refractivity contribution in [2.45, 2.75) is 19.8 Å². The Morgan fingerprint density at radius 1 is 0.971 bits per heavy atom. The fourth-order valence-electron chi connectivity index (χ4n) is 4.68. The lowest BCUT2D eigenvalue weighted by Gasteiger charge is -2.23. The van der Waals surface area contributed by atoms with Crippen LogP contribution in [0.5, 0.6) is 0 Å². The molecule has 0 atom stereocenters. The second-order valence-electron chi connectivity index (χ2n) is 8.59. The summed E-state index contributed by atoms with van der Waals surface area (Å²) in [7, 11) is 0. The normalized spacial score (nSPS) is 14.7. The van der Waals surface area contributed by atoms with Crippen molar-refractivity contribution < 1.29 is 14.3 Å². The van der Waals surface area contributed by atoms with Gasteiger partial charge in [0.05, 0.1) is 12.2 Å². The minimum absolute atomic E-state index is 0.0806. The van der Waals surface area contributed by atoms with Crippen molar-refractivity contribution in [2.24, 2.45) is 0 Å². The molecule has 1 aliphatic carbocycles. The van der Waals surface area contributed by atoms with Gasteiger partial charge in [-0.1, -0.05) is 30.3 Å². The van der Waals surface area contributed by atoms with Crippen LogP contribution in [0.1, 0.15) is 34.8 Å². The molecule has 0 spiro atoms. The monoisotopic (exact) mass is 456 g/mol. The highest BCUT2D eigenvalue weighted by molar-refractivity contribution is 5.91. The van der Waals surface area contributed by atoms with Crippen molar-refractivity contribution in [2.75, 3.05) is 43.0 Å². The fraction of sp³-hybridized carbons (Fsp3) is 0.296. The molecule has 7 heteroatoms. The first-order valence-corrected chi connectivity index (χ1v) is 11.8. The average Bonchev–Trinajstić information content (AvgIpc) is 3.04. The number of hydrogen-bond acceptors (Lipinski definition) is 5. The number of urea groups is 1. The fourth-order valence-corrected chi connectivity index (χ4v) is 4.68. The highest BCUT2D eigenvalue weighted by atomic mass is 16.5. The Morgan fingerprint density at radius 2 is 1.82 bits per heavy atom. The van der Waals surface area contributed by atoms with Crippen LogP contribution in [-0.2, 0) is 11.2 Å². The van der Waals surface area contributed by atoms with Gasteiger partial charge in [0.1, 0.15) is 5.82 Å². The van der Waals surface area contributed by atoms with Crippen LogP contribution in [0.25, 0.3) is 11.1 Å². The number of fused-ring (bicyclic) bond motifs is 3. The second kappa shape index (κ2) is 9.55. The van der Waals surface area contributed by atoms with Crippen LogP contribution >= 0.6 is 0 Å². The SMILES string of the molecule is CCOC(=O)c1ccc(N2CCCN(C(=O)Nc3ccc4c(c3)Cc3ccccc3-4)CC2)nc1. The number of anilines is 2. The standard InChI is InChI=1S/C27H28N4O3/c1-2-34-26(32)20-8-11-25(28-18-20)30-12-5-13-31(15-14-30)27(33)29-22-9-10-24-21(17-22)16-19-6-3-4-7-23(19)24/h3-4,6-11,17-18H,2,5,12-16H2,1H3,(H,29,33). The molecule has 3 aromatic rings. The molecule has 1 N–H and O–H groups in total. The van der Waals surface area contributed by atoms with E-state index < -0.39 is 0 Å². The maximum atomic E-state index is 13.0. The van der Waals surface area contributed by atoms with E-state index in [2.05, 4.69) is 51.6 Å². The van der Waals surface area contributed by atoms with Crippen LogP contribution in [-0.4, -0.2) is 54.7 Å². The van der Waals surface area contributed by atoms with E-state index in [0.29, 0.717) is 31.8 Å². The number of esters is 1. The summed E-state index contributed by atoms with van der Waals surface area (Å²) in [6, 6.07) is 18.1. The quantitative estimate of drug-likeness (QED) is 0.455. The molecule has 1 fully saturated rings. The predicted octanol–water partition coefficient (Wildman–Crippen LogP) is 4.57. The molecule has 0 unspecified atom stereocenters.